The molecule has 240 valence electrons. The number of allylic oxidation sites excluding steroid dienone is 1. The van der Waals surface area contributed by atoms with Crippen molar-refractivity contribution in [2.45, 2.75) is 33.4 Å². The fourth-order valence-corrected chi connectivity index (χ4v) is 6.93. The molecule has 9 nitrogen and oxygen atoms in total. The summed E-state index contributed by atoms with van der Waals surface area (Å²) in [5, 5.41) is 0.605. The first-order valence-corrected chi connectivity index (χ1v) is 16.4. The Bertz CT molecular complexity index is 2000. The number of carbonyl (C=O) groups excluding carboxylic acids is 1. The molecular formula is C34H32BrClN2O7S. The Morgan fingerprint density at radius 3 is 2.48 bits per heavy atom. The molecule has 0 saturated carbocycles. The van der Waals surface area contributed by atoms with Gasteiger partial charge in [0.25, 0.3) is 5.56 Å². The van der Waals surface area contributed by atoms with E-state index < -0.39 is 12.0 Å². The molecule has 0 bridgehead atoms. The van der Waals surface area contributed by atoms with Gasteiger partial charge in [-0.25, -0.2) is 9.79 Å². The van der Waals surface area contributed by atoms with Gasteiger partial charge in [-0.15, -0.1) is 0 Å². The summed E-state index contributed by atoms with van der Waals surface area (Å²) in [5.41, 5.74) is 2.61. The first-order chi connectivity index (χ1) is 22.2. The van der Waals surface area contributed by atoms with Crippen molar-refractivity contribution in [3.63, 3.8) is 0 Å². The van der Waals surface area contributed by atoms with Crippen molar-refractivity contribution in [3.8, 4) is 23.0 Å². The number of hydrogen-bond donors (Lipinski definition) is 0. The van der Waals surface area contributed by atoms with Gasteiger partial charge in [0.15, 0.2) is 27.8 Å². The number of methoxy groups -OCH3 is 2. The summed E-state index contributed by atoms with van der Waals surface area (Å²) in [6.45, 7) is 6.17. The van der Waals surface area contributed by atoms with Gasteiger partial charge < -0.3 is 23.7 Å². The van der Waals surface area contributed by atoms with Crippen LogP contribution in [0, 0.1) is 0 Å². The summed E-state index contributed by atoms with van der Waals surface area (Å²) in [5.74, 6) is 1.46. The minimum atomic E-state index is -0.801. The van der Waals surface area contributed by atoms with Gasteiger partial charge in [0.1, 0.15) is 6.61 Å². The van der Waals surface area contributed by atoms with Gasteiger partial charge in [-0.3, -0.25) is 9.36 Å². The Balaban J connectivity index is 1.61. The highest BCUT2D eigenvalue weighted by molar-refractivity contribution is 9.10. The van der Waals surface area contributed by atoms with Crippen LogP contribution in [0.3, 0.4) is 0 Å². The number of aromatic nitrogens is 1. The zero-order valence-corrected chi connectivity index (χ0v) is 29.0. The topological polar surface area (TPSA) is 97.6 Å². The number of fused-ring (bicyclic) bond motifs is 1. The molecule has 1 aromatic heterocycles. The zero-order chi connectivity index (χ0) is 33.0. The van der Waals surface area contributed by atoms with Crippen molar-refractivity contribution in [1.82, 2.24) is 4.57 Å². The molecule has 46 heavy (non-hydrogen) atoms. The third kappa shape index (κ3) is 6.72. The zero-order valence-electron chi connectivity index (χ0n) is 25.9. The summed E-state index contributed by atoms with van der Waals surface area (Å²) in [6.07, 6.45) is 1.76. The van der Waals surface area contributed by atoms with E-state index in [4.69, 9.17) is 35.3 Å². The van der Waals surface area contributed by atoms with Crippen LogP contribution in [0.2, 0.25) is 5.02 Å². The summed E-state index contributed by atoms with van der Waals surface area (Å²) in [7, 11) is 3.10. The second kappa shape index (κ2) is 14.6. The molecule has 0 spiro atoms. The van der Waals surface area contributed by atoms with Crippen LogP contribution in [-0.4, -0.2) is 38.0 Å². The predicted octanol–water partition coefficient (Wildman–Crippen LogP) is 6.21. The second-order valence-corrected chi connectivity index (χ2v) is 12.3. The van der Waals surface area contributed by atoms with Crippen LogP contribution in [0.4, 0.5) is 0 Å². The van der Waals surface area contributed by atoms with E-state index >= 15 is 0 Å². The molecule has 0 radical (unpaired) electrons. The molecule has 12 heteroatoms. The number of hydrogen-bond acceptors (Lipinski definition) is 9. The largest absolute Gasteiger partial charge is 0.493 e. The molecule has 5 rings (SSSR count). The van der Waals surface area contributed by atoms with E-state index in [2.05, 4.69) is 20.9 Å². The number of esters is 1. The molecule has 2 heterocycles. The van der Waals surface area contributed by atoms with Crippen LogP contribution in [0.25, 0.3) is 6.08 Å². The van der Waals surface area contributed by atoms with Gasteiger partial charge in [0, 0.05) is 10.6 Å². The molecule has 4 aromatic rings. The Morgan fingerprint density at radius 2 is 1.78 bits per heavy atom. The van der Waals surface area contributed by atoms with E-state index in [0.29, 0.717) is 65.3 Å². The third-order valence-corrected chi connectivity index (χ3v) is 9.14. The number of thiazole rings is 1. The maximum atomic E-state index is 14.1. The molecule has 0 N–H and O–H groups in total. The van der Waals surface area contributed by atoms with Crippen LogP contribution in [0.5, 0.6) is 23.0 Å². The molecule has 0 saturated heterocycles. The number of carbonyl (C=O) groups is 1. The fraction of sp³-hybridized carbons (Fsp3) is 0.265. The first kappa shape index (κ1) is 33.3. The van der Waals surface area contributed by atoms with Crippen LogP contribution in [0.1, 0.15) is 43.5 Å². The van der Waals surface area contributed by atoms with E-state index in [1.54, 1.807) is 58.4 Å². The lowest BCUT2D eigenvalue weighted by Gasteiger charge is -2.25. The lowest BCUT2D eigenvalue weighted by Crippen LogP contribution is -2.40. The quantitative estimate of drug-likeness (QED) is 0.170. The second-order valence-electron chi connectivity index (χ2n) is 10.1. The lowest BCUT2D eigenvalue weighted by atomic mass is 9.95. The van der Waals surface area contributed by atoms with Crippen molar-refractivity contribution >= 4 is 50.9 Å². The fourth-order valence-electron chi connectivity index (χ4n) is 5.12. The predicted molar refractivity (Wildman–Crippen MR) is 181 cm³/mol. The molecule has 0 unspecified atom stereocenters. The van der Waals surface area contributed by atoms with E-state index in [1.165, 1.54) is 15.9 Å². The highest BCUT2D eigenvalue weighted by Crippen LogP contribution is 2.38. The van der Waals surface area contributed by atoms with E-state index in [-0.39, 0.29) is 24.3 Å². The molecule has 0 aliphatic carbocycles. The molecular weight excluding hydrogens is 696 g/mol. The lowest BCUT2D eigenvalue weighted by molar-refractivity contribution is -0.139. The van der Waals surface area contributed by atoms with E-state index in [0.717, 1.165) is 5.56 Å². The SMILES string of the molecule is CCOC(=O)C1=C(C)N=c2s/c(=C\c3cc(Br)c(OCc4ccccc4Cl)c(OC)c3)c(=O)n2[C@H]1c1ccc(OC)c(OCC)c1. The number of benzene rings is 3. The average molecular weight is 728 g/mol. The van der Waals surface area contributed by atoms with Crippen LogP contribution in [0.15, 0.2) is 80.1 Å². The van der Waals surface area contributed by atoms with Crippen molar-refractivity contribution < 1.29 is 28.5 Å². The molecule has 1 aliphatic heterocycles. The summed E-state index contributed by atoms with van der Waals surface area (Å²) >= 11 is 11.1. The number of rotatable bonds is 11. The summed E-state index contributed by atoms with van der Waals surface area (Å²) in [4.78, 5) is 32.5. The highest BCUT2D eigenvalue weighted by Gasteiger charge is 2.34. The van der Waals surface area contributed by atoms with Gasteiger partial charge in [0.05, 0.1) is 53.8 Å². The minimum absolute atomic E-state index is 0.175. The Labute approximate surface area is 283 Å². The normalized spacial score (nSPS) is 14.4. The minimum Gasteiger partial charge on any atom is -0.493 e. The van der Waals surface area contributed by atoms with E-state index in [1.807, 2.05) is 37.3 Å². The number of halogens is 2. The Morgan fingerprint density at radius 1 is 1.02 bits per heavy atom. The van der Waals surface area contributed by atoms with Crippen LogP contribution < -0.4 is 33.8 Å². The summed E-state index contributed by atoms with van der Waals surface area (Å²) in [6, 6.07) is 15.6. The molecule has 1 atom stereocenters. The van der Waals surface area contributed by atoms with Crippen LogP contribution >= 0.6 is 38.9 Å². The summed E-state index contributed by atoms with van der Waals surface area (Å²) < 4.78 is 31.0. The molecule has 1 aliphatic rings. The molecule has 0 fully saturated rings. The van der Waals surface area contributed by atoms with Gasteiger partial charge in [-0.2, -0.15) is 0 Å². The van der Waals surface area contributed by atoms with Gasteiger partial charge in [-0.05, 0) is 84.2 Å². The smallest absolute Gasteiger partial charge is 0.338 e. The standard InChI is InChI=1S/C34H32BrClN2O7S/c1-6-43-26-17-21(12-13-25(26)41-4)30-29(33(40)44-7-2)19(3)37-34-38(30)32(39)28(46-34)16-20-14-23(35)31(27(15-20)42-5)45-18-22-10-8-9-11-24(22)36/h8-17,30H,6-7,18H2,1-5H3/b28-16-/t30-/m0/s1. The van der Waals surface area contributed by atoms with Gasteiger partial charge in [-0.1, -0.05) is 47.2 Å². The highest BCUT2D eigenvalue weighted by atomic mass is 79.9. The van der Waals surface area contributed by atoms with E-state index in [9.17, 15) is 9.59 Å². The average Bonchev–Trinajstić information content (AvgIpc) is 3.34. The molecule has 3 aromatic carbocycles. The number of nitrogens with zero attached hydrogens (tertiary/aromatic N) is 2. The van der Waals surface area contributed by atoms with Crippen molar-refractivity contribution in [3.05, 3.63) is 112 Å². The van der Waals surface area contributed by atoms with Crippen molar-refractivity contribution in [2.24, 2.45) is 4.99 Å². The molecule has 0 amide bonds. The van der Waals surface area contributed by atoms with Crippen LogP contribution in [-0.2, 0) is 16.1 Å². The van der Waals surface area contributed by atoms with Crippen molar-refractivity contribution in [2.75, 3.05) is 27.4 Å². The van der Waals surface area contributed by atoms with Gasteiger partial charge in [0.2, 0.25) is 0 Å². The maximum Gasteiger partial charge on any atom is 0.338 e. The first-order valence-electron chi connectivity index (χ1n) is 14.4. The monoisotopic (exact) mass is 726 g/mol. The third-order valence-electron chi connectivity index (χ3n) is 7.20. The Hall–Kier alpha value is -4.06. The Kier molecular flexibility index (Phi) is 10.6. The van der Waals surface area contributed by atoms with Crippen molar-refractivity contribution in [1.29, 1.82) is 0 Å². The number of ether oxygens (including phenoxy) is 5. The van der Waals surface area contributed by atoms with Gasteiger partial charge >= 0.3 is 5.97 Å². The maximum absolute atomic E-state index is 14.1.